The Morgan fingerprint density at radius 3 is 2.68 bits per heavy atom. The van der Waals surface area contributed by atoms with E-state index in [-0.39, 0.29) is 23.8 Å². The molecule has 1 aromatic carbocycles. The number of ether oxygens (including phenoxy) is 1. The number of benzene rings is 1. The molecule has 0 saturated carbocycles. The average molecular weight is 342 g/mol. The van der Waals surface area contributed by atoms with E-state index in [9.17, 15) is 4.79 Å². The predicted molar refractivity (Wildman–Crippen MR) is 103 cm³/mol. The molecule has 1 aliphatic rings. The fourth-order valence-corrected chi connectivity index (χ4v) is 3.31. The lowest BCUT2D eigenvalue weighted by Crippen LogP contribution is -2.26. The first kappa shape index (κ1) is 19.4. The molecule has 25 heavy (non-hydrogen) atoms. The zero-order valence-electron chi connectivity index (χ0n) is 15.6. The Hall–Kier alpha value is -1.94. The Balaban J connectivity index is 2.01. The maximum atomic E-state index is 11.5. The second-order valence-electron chi connectivity index (χ2n) is 7.57. The Morgan fingerprint density at radius 2 is 2.00 bits per heavy atom. The summed E-state index contributed by atoms with van der Waals surface area (Å²) in [4.78, 5) is 16.3. The van der Waals surface area contributed by atoms with E-state index < -0.39 is 0 Å². The van der Waals surface area contributed by atoms with Gasteiger partial charge in [-0.2, -0.15) is 0 Å². The first-order valence-corrected chi connectivity index (χ1v) is 9.11. The van der Waals surface area contributed by atoms with Crippen LogP contribution in [0.5, 0.6) is 0 Å². The van der Waals surface area contributed by atoms with Crippen LogP contribution in [0.4, 0.5) is 5.69 Å². The molecule has 1 atom stereocenters. The first-order valence-electron chi connectivity index (χ1n) is 9.11. The SMILES string of the molecule is CCOC(=O)CC(N)CCC1=CC(=Nc2ccccc2)CC(C)(C)C1. The summed E-state index contributed by atoms with van der Waals surface area (Å²) >= 11 is 0. The zero-order valence-corrected chi connectivity index (χ0v) is 15.6. The average Bonchev–Trinajstić information content (AvgIpc) is 2.52. The highest BCUT2D eigenvalue weighted by atomic mass is 16.5. The molecule has 4 nitrogen and oxygen atoms in total. The van der Waals surface area contributed by atoms with Crippen molar-refractivity contribution < 1.29 is 9.53 Å². The number of rotatable bonds is 7. The molecule has 0 bridgehead atoms. The van der Waals surface area contributed by atoms with Gasteiger partial charge >= 0.3 is 5.97 Å². The van der Waals surface area contributed by atoms with E-state index in [4.69, 9.17) is 15.5 Å². The molecule has 0 amide bonds. The molecule has 1 aromatic rings. The monoisotopic (exact) mass is 342 g/mol. The molecule has 4 heteroatoms. The second-order valence-corrected chi connectivity index (χ2v) is 7.57. The van der Waals surface area contributed by atoms with Crippen LogP contribution >= 0.6 is 0 Å². The summed E-state index contributed by atoms with van der Waals surface area (Å²) in [7, 11) is 0. The maximum absolute atomic E-state index is 11.5. The number of allylic oxidation sites excluding steroid dienone is 2. The molecular formula is C21H30N2O2. The maximum Gasteiger partial charge on any atom is 0.307 e. The lowest BCUT2D eigenvalue weighted by atomic mass is 9.75. The van der Waals surface area contributed by atoms with E-state index in [1.807, 2.05) is 37.3 Å². The van der Waals surface area contributed by atoms with Gasteiger partial charge in [0.1, 0.15) is 0 Å². The van der Waals surface area contributed by atoms with Crippen LogP contribution in [0, 0.1) is 5.41 Å². The number of carbonyl (C=O) groups excluding carboxylic acids is 1. The van der Waals surface area contributed by atoms with Crippen molar-refractivity contribution in [3.05, 3.63) is 42.0 Å². The Kier molecular flexibility index (Phi) is 6.94. The summed E-state index contributed by atoms with van der Waals surface area (Å²) in [6.45, 7) is 6.77. The van der Waals surface area contributed by atoms with Gasteiger partial charge in [-0.25, -0.2) is 0 Å². The van der Waals surface area contributed by atoms with Crippen molar-refractivity contribution in [3.63, 3.8) is 0 Å². The van der Waals surface area contributed by atoms with Crippen LogP contribution in [0.25, 0.3) is 0 Å². The molecule has 1 aliphatic carbocycles. The third kappa shape index (κ3) is 6.83. The quantitative estimate of drug-likeness (QED) is 0.738. The van der Waals surface area contributed by atoms with Gasteiger partial charge in [0, 0.05) is 11.8 Å². The molecule has 1 unspecified atom stereocenters. The van der Waals surface area contributed by atoms with Crippen LogP contribution < -0.4 is 5.73 Å². The highest BCUT2D eigenvalue weighted by molar-refractivity contribution is 5.98. The van der Waals surface area contributed by atoms with Crippen molar-refractivity contribution in [2.75, 3.05) is 6.61 Å². The number of carbonyl (C=O) groups is 1. The van der Waals surface area contributed by atoms with Gasteiger partial charge in [0.2, 0.25) is 0 Å². The zero-order chi connectivity index (χ0) is 18.3. The van der Waals surface area contributed by atoms with Crippen LogP contribution in [0.3, 0.4) is 0 Å². The van der Waals surface area contributed by atoms with Crippen molar-refractivity contribution in [1.29, 1.82) is 0 Å². The summed E-state index contributed by atoms with van der Waals surface area (Å²) in [5.74, 6) is -0.209. The highest BCUT2D eigenvalue weighted by Crippen LogP contribution is 2.36. The van der Waals surface area contributed by atoms with Gasteiger partial charge in [-0.1, -0.05) is 37.6 Å². The molecule has 0 heterocycles. The fourth-order valence-electron chi connectivity index (χ4n) is 3.31. The van der Waals surface area contributed by atoms with E-state index in [2.05, 4.69) is 19.9 Å². The standard InChI is InChI=1S/C21H30N2O2/c1-4-25-20(24)13-17(22)11-10-16-12-19(15-21(2,3)14-16)23-18-8-6-5-7-9-18/h5-9,12,17H,4,10-11,13-15,22H2,1-3H3. The molecule has 2 rings (SSSR count). The number of para-hydroxylation sites is 1. The lowest BCUT2D eigenvalue weighted by Gasteiger charge is -2.31. The summed E-state index contributed by atoms with van der Waals surface area (Å²) < 4.78 is 4.97. The lowest BCUT2D eigenvalue weighted by molar-refractivity contribution is -0.143. The molecule has 0 aliphatic heterocycles. The van der Waals surface area contributed by atoms with Gasteiger partial charge in [-0.3, -0.25) is 9.79 Å². The summed E-state index contributed by atoms with van der Waals surface area (Å²) in [5.41, 5.74) is 9.77. The first-order chi connectivity index (χ1) is 11.9. The van der Waals surface area contributed by atoms with Crippen molar-refractivity contribution in [3.8, 4) is 0 Å². The molecular weight excluding hydrogens is 312 g/mol. The second kappa shape index (κ2) is 8.95. The van der Waals surface area contributed by atoms with Crippen LogP contribution in [-0.2, 0) is 9.53 Å². The van der Waals surface area contributed by atoms with Crippen molar-refractivity contribution in [1.82, 2.24) is 0 Å². The van der Waals surface area contributed by atoms with E-state index in [1.165, 1.54) is 5.57 Å². The van der Waals surface area contributed by atoms with Crippen molar-refractivity contribution in [2.24, 2.45) is 16.1 Å². The number of nitrogens with two attached hydrogens (primary N) is 1. The van der Waals surface area contributed by atoms with Crippen LogP contribution in [-0.4, -0.2) is 24.3 Å². The molecule has 0 spiro atoms. The predicted octanol–water partition coefficient (Wildman–Crippen LogP) is 4.57. The van der Waals surface area contributed by atoms with Gasteiger partial charge in [0.15, 0.2) is 0 Å². The number of esters is 1. The molecule has 2 N–H and O–H groups in total. The minimum Gasteiger partial charge on any atom is -0.466 e. The Labute approximate surface area is 151 Å². The number of hydrogen-bond donors (Lipinski definition) is 1. The Morgan fingerprint density at radius 1 is 1.28 bits per heavy atom. The van der Waals surface area contributed by atoms with Gasteiger partial charge in [-0.15, -0.1) is 0 Å². The molecule has 0 saturated heterocycles. The minimum atomic E-state index is -0.209. The minimum absolute atomic E-state index is 0.153. The third-order valence-corrected chi connectivity index (χ3v) is 4.34. The molecule has 0 aromatic heterocycles. The summed E-state index contributed by atoms with van der Waals surface area (Å²) in [6.07, 6.45) is 6.22. The highest BCUT2D eigenvalue weighted by Gasteiger charge is 2.26. The van der Waals surface area contributed by atoms with Gasteiger partial charge < -0.3 is 10.5 Å². The van der Waals surface area contributed by atoms with Gasteiger partial charge in [0.05, 0.1) is 18.7 Å². The summed E-state index contributed by atoms with van der Waals surface area (Å²) in [6, 6.07) is 9.91. The summed E-state index contributed by atoms with van der Waals surface area (Å²) in [5, 5.41) is 0. The number of hydrogen-bond acceptors (Lipinski definition) is 4. The van der Waals surface area contributed by atoms with Crippen LogP contribution in [0.2, 0.25) is 0 Å². The topological polar surface area (TPSA) is 64.7 Å². The van der Waals surface area contributed by atoms with E-state index in [0.717, 1.165) is 37.1 Å². The normalized spacial score (nSPS) is 19.4. The number of nitrogens with zero attached hydrogens (tertiary/aromatic N) is 1. The molecule has 0 fully saturated rings. The third-order valence-electron chi connectivity index (χ3n) is 4.34. The van der Waals surface area contributed by atoms with Crippen LogP contribution in [0.1, 0.15) is 52.9 Å². The van der Waals surface area contributed by atoms with E-state index in [0.29, 0.717) is 6.61 Å². The van der Waals surface area contributed by atoms with Crippen molar-refractivity contribution in [2.45, 2.75) is 58.9 Å². The van der Waals surface area contributed by atoms with Crippen molar-refractivity contribution >= 4 is 17.4 Å². The largest absolute Gasteiger partial charge is 0.466 e. The smallest absolute Gasteiger partial charge is 0.307 e. The number of aliphatic imine (C=N–C) groups is 1. The van der Waals surface area contributed by atoms with E-state index in [1.54, 1.807) is 0 Å². The van der Waals surface area contributed by atoms with Crippen LogP contribution in [0.15, 0.2) is 47.0 Å². The Bertz CT molecular complexity index is 633. The van der Waals surface area contributed by atoms with Gasteiger partial charge in [0.25, 0.3) is 0 Å². The molecule has 0 radical (unpaired) electrons. The van der Waals surface area contributed by atoms with E-state index >= 15 is 0 Å². The molecule has 136 valence electrons. The fraction of sp³-hybridized carbons (Fsp3) is 0.524. The van der Waals surface area contributed by atoms with Gasteiger partial charge in [-0.05, 0) is 56.2 Å².